The molecule has 0 saturated heterocycles. The standard InChI is InChI=1S/C32H25F2N5O2/c1-19(26-15-21-8-9-24(34)16-27(21)38-30(26)22-4-3-5-23(33)14-22)37-31-29-28(40)12-13-39(32(29)36-18-35-31)17-20-6-10-25(41-2)11-7-20/h3-16,18-19H,17H2,1-2H3,(H,35,36,37)/t19-/m0/s1. The summed E-state index contributed by atoms with van der Waals surface area (Å²) < 4.78 is 35.3. The summed E-state index contributed by atoms with van der Waals surface area (Å²) in [5, 5.41) is 4.43. The van der Waals surface area contributed by atoms with Gasteiger partial charge in [-0.1, -0.05) is 24.3 Å². The highest BCUT2D eigenvalue weighted by atomic mass is 19.1. The molecule has 6 aromatic rings. The van der Waals surface area contributed by atoms with Crippen molar-refractivity contribution in [1.29, 1.82) is 0 Å². The van der Waals surface area contributed by atoms with Crippen molar-refractivity contribution in [3.63, 3.8) is 0 Å². The van der Waals surface area contributed by atoms with Crippen LogP contribution in [0.1, 0.15) is 24.1 Å². The minimum Gasteiger partial charge on any atom is -0.497 e. The molecule has 3 aromatic carbocycles. The SMILES string of the molecule is COc1ccc(Cn2ccc(=O)c3c(N[C@@H](C)c4cc5ccc(F)cc5nc4-c4cccc(F)c4)ncnc32)cc1. The van der Waals surface area contributed by atoms with Crippen LogP contribution in [-0.4, -0.2) is 26.6 Å². The van der Waals surface area contributed by atoms with Crippen molar-refractivity contribution in [1.82, 2.24) is 19.5 Å². The average molecular weight is 550 g/mol. The molecule has 9 heteroatoms. The highest BCUT2D eigenvalue weighted by Crippen LogP contribution is 2.33. The highest BCUT2D eigenvalue weighted by Gasteiger charge is 2.19. The van der Waals surface area contributed by atoms with Gasteiger partial charge in [-0.15, -0.1) is 0 Å². The summed E-state index contributed by atoms with van der Waals surface area (Å²) in [5.74, 6) is 0.301. The molecule has 3 heterocycles. The molecule has 204 valence electrons. The van der Waals surface area contributed by atoms with E-state index in [1.54, 1.807) is 31.5 Å². The number of fused-ring (bicyclic) bond motifs is 2. The van der Waals surface area contributed by atoms with Crippen LogP contribution in [0.3, 0.4) is 0 Å². The number of halogens is 2. The lowest BCUT2D eigenvalue weighted by Gasteiger charge is -2.20. The number of nitrogens with one attached hydrogen (secondary N) is 1. The van der Waals surface area contributed by atoms with Gasteiger partial charge in [0, 0.05) is 41.4 Å². The zero-order valence-corrected chi connectivity index (χ0v) is 22.3. The molecule has 41 heavy (non-hydrogen) atoms. The third-order valence-corrected chi connectivity index (χ3v) is 6.99. The maximum atomic E-state index is 14.2. The van der Waals surface area contributed by atoms with Gasteiger partial charge in [0.05, 0.1) is 24.4 Å². The first kappa shape index (κ1) is 26.1. The number of methoxy groups -OCH3 is 1. The fraction of sp³-hybridized carbons (Fsp3) is 0.125. The van der Waals surface area contributed by atoms with Gasteiger partial charge in [-0.05, 0) is 55.0 Å². The van der Waals surface area contributed by atoms with Gasteiger partial charge < -0.3 is 14.6 Å². The van der Waals surface area contributed by atoms with Gasteiger partial charge in [0.1, 0.15) is 40.6 Å². The number of hydrogen-bond donors (Lipinski definition) is 1. The number of ether oxygens (including phenoxy) is 1. The molecule has 1 atom stereocenters. The zero-order chi connectivity index (χ0) is 28.5. The van der Waals surface area contributed by atoms with E-state index in [9.17, 15) is 13.6 Å². The number of pyridine rings is 2. The van der Waals surface area contributed by atoms with Gasteiger partial charge in [0.2, 0.25) is 0 Å². The number of hydrogen-bond acceptors (Lipinski definition) is 6. The minimum atomic E-state index is -0.414. The molecule has 0 spiro atoms. The van der Waals surface area contributed by atoms with Crippen LogP contribution < -0.4 is 15.5 Å². The summed E-state index contributed by atoms with van der Waals surface area (Å²) in [6.07, 6.45) is 3.12. The van der Waals surface area contributed by atoms with E-state index >= 15 is 0 Å². The molecule has 0 aliphatic carbocycles. The molecular weight excluding hydrogens is 524 g/mol. The van der Waals surface area contributed by atoms with Crippen LogP contribution in [0.4, 0.5) is 14.6 Å². The van der Waals surface area contributed by atoms with Crippen LogP contribution in [0, 0.1) is 11.6 Å². The van der Waals surface area contributed by atoms with E-state index in [2.05, 4.69) is 15.3 Å². The van der Waals surface area contributed by atoms with Gasteiger partial charge in [-0.25, -0.2) is 23.7 Å². The fourth-order valence-electron chi connectivity index (χ4n) is 4.93. The fourth-order valence-corrected chi connectivity index (χ4v) is 4.93. The summed E-state index contributed by atoms with van der Waals surface area (Å²) >= 11 is 0. The number of rotatable bonds is 7. The topological polar surface area (TPSA) is 81.9 Å². The van der Waals surface area contributed by atoms with Crippen LogP contribution in [0.2, 0.25) is 0 Å². The van der Waals surface area contributed by atoms with Crippen molar-refractivity contribution < 1.29 is 13.5 Å². The van der Waals surface area contributed by atoms with Crippen LogP contribution in [0.25, 0.3) is 33.2 Å². The first-order chi connectivity index (χ1) is 19.9. The Labute approximate surface area is 234 Å². The molecule has 7 nitrogen and oxygen atoms in total. The van der Waals surface area contributed by atoms with Crippen LogP contribution >= 0.6 is 0 Å². The van der Waals surface area contributed by atoms with Crippen molar-refractivity contribution in [2.45, 2.75) is 19.5 Å². The minimum absolute atomic E-state index is 0.223. The lowest BCUT2D eigenvalue weighted by Crippen LogP contribution is -2.16. The van der Waals surface area contributed by atoms with Crippen molar-refractivity contribution in [3.05, 3.63) is 124 Å². The molecular formula is C32H25F2N5O2. The lowest BCUT2D eigenvalue weighted by molar-refractivity contribution is 0.414. The summed E-state index contributed by atoms with van der Waals surface area (Å²) in [6, 6.07) is 21.1. The second-order valence-electron chi connectivity index (χ2n) is 9.72. The molecule has 0 saturated carbocycles. The Hall–Kier alpha value is -5.18. The first-order valence-corrected chi connectivity index (χ1v) is 13.0. The van der Waals surface area contributed by atoms with E-state index in [1.165, 1.54) is 36.7 Å². The number of nitrogens with zero attached hydrogens (tertiary/aromatic N) is 4. The van der Waals surface area contributed by atoms with Crippen molar-refractivity contribution >= 4 is 27.8 Å². The van der Waals surface area contributed by atoms with Crippen molar-refractivity contribution in [2.75, 3.05) is 12.4 Å². The van der Waals surface area contributed by atoms with Gasteiger partial charge >= 0.3 is 0 Å². The third-order valence-electron chi connectivity index (χ3n) is 6.99. The smallest absolute Gasteiger partial charge is 0.194 e. The molecule has 0 unspecified atom stereocenters. The highest BCUT2D eigenvalue weighted by molar-refractivity contribution is 5.87. The maximum absolute atomic E-state index is 14.2. The van der Waals surface area contributed by atoms with Crippen molar-refractivity contribution in [3.8, 4) is 17.0 Å². The van der Waals surface area contributed by atoms with E-state index < -0.39 is 17.7 Å². The van der Waals surface area contributed by atoms with E-state index in [1.807, 2.05) is 41.8 Å². The summed E-state index contributed by atoms with van der Waals surface area (Å²) in [5.41, 5.74) is 3.50. The Morgan fingerprint density at radius 1 is 0.951 bits per heavy atom. The van der Waals surface area contributed by atoms with Gasteiger partial charge in [0.25, 0.3) is 0 Å². The Kier molecular flexibility index (Phi) is 6.84. The van der Waals surface area contributed by atoms with E-state index in [0.29, 0.717) is 40.2 Å². The largest absolute Gasteiger partial charge is 0.497 e. The predicted octanol–water partition coefficient (Wildman–Crippen LogP) is 6.51. The number of aromatic nitrogens is 4. The first-order valence-electron chi connectivity index (χ1n) is 13.0. The summed E-state index contributed by atoms with van der Waals surface area (Å²) in [4.78, 5) is 26.7. The van der Waals surface area contributed by atoms with Gasteiger partial charge in [-0.2, -0.15) is 0 Å². The Morgan fingerprint density at radius 3 is 2.54 bits per heavy atom. The molecule has 0 radical (unpaired) electrons. The molecule has 3 aromatic heterocycles. The quantitative estimate of drug-likeness (QED) is 0.244. The van der Waals surface area contributed by atoms with Crippen LogP contribution in [-0.2, 0) is 6.54 Å². The molecule has 0 aliphatic rings. The van der Waals surface area contributed by atoms with Crippen LogP contribution in [0.15, 0.2) is 96.2 Å². The molecule has 1 N–H and O–H groups in total. The van der Waals surface area contributed by atoms with E-state index in [4.69, 9.17) is 9.72 Å². The predicted molar refractivity (Wildman–Crippen MR) is 155 cm³/mol. The van der Waals surface area contributed by atoms with E-state index in [0.717, 1.165) is 22.3 Å². The monoisotopic (exact) mass is 549 g/mol. The molecule has 0 bridgehead atoms. The zero-order valence-electron chi connectivity index (χ0n) is 22.3. The number of benzene rings is 3. The van der Waals surface area contributed by atoms with Crippen LogP contribution in [0.5, 0.6) is 5.75 Å². The Morgan fingerprint density at radius 2 is 1.76 bits per heavy atom. The Balaban J connectivity index is 1.42. The average Bonchev–Trinajstić information content (AvgIpc) is 2.98. The molecule has 6 rings (SSSR count). The second-order valence-corrected chi connectivity index (χ2v) is 9.72. The normalized spacial score (nSPS) is 12.0. The number of anilines is 1. The maximum Gasteiger partial charge on any atom is 0.194 e. The molecule has 0 fully saturated rings. The third kappa shape index (κ3) is 5.21. The Bertz CT molecular complexity index is 1960. The van der Waals surface area contributed by atoms with Gasteiger partial charge in [-0.3, -0.25) is 4.79 Å². The lowest BCUT2D eigenvalue weighted by atomic mass is 9.98. The van der Waals surface area contributed by atoms with Gasteiger partial charge in [0.15, 0.2) is 5.43 Å². The summed E-state index contributed by atoms with van der Waals surface area (Å²) in [7, 11) is 1.62. The second kappa shape index (κ2) is 10.8. The molecule has 0 aliphatic heterocycles. The molecule has 0 amide bonds. The summed E-state index contributed by atoms with van der Waals surface area (Å²) in [6.45, 7) is 2.39. The van der Waals surface area contributed by atoms with Crippen molar-refractivity contribution in [2.24, 2.45) is 0 Å². The van der Waals surface area contributed by atoms with E-state index in [-0.39, 0.29) is 5.43 Å².